The molecule has 0 radical (unpaired) electrons. The second-order valence-corrected chi connectivity index (χ2v) is 7.44. The Morgan fingerprint density at radius 1 is 1.16 bits per heavy atom. The van der Waals surface area contributed by atoms with Crippen molar-refractivity contribution in [1.82, 2.24) is 5.32 Å². The molecule has 0 aliphatic carbocycles. The lowest BCUT2D eigenvalue weighted by atomic mass is 9.82. The first-order chi connectivity index (χ1) is 8.59. The van der Waals surface area contributed by atoms with Crippen LogP contribution in [-0.2, 0) is 6.42 Å². The molecule has 0 amide bonds. The summed E-state index contributed by atoms with van der Waals surface area (Å²) in [5.41, 5.74) is 0.870. The Morgan fingerprint density at radius 2 is 1.79 bits per heavy atom. The highest BCUT2D eigenvalue weighted by molar-refractivity contribution is 6.30. The van der Waals surface area contributed by atoms with Crippen LogP contribution in [0.3, 0.4) is 0 Å². The Kier molecular flexibility index (Phi) is 5.40. The molecule has 1 N–H and O–H groups in total. The summed E-state index contributed by atoms with van der Waals surface area (Å²) in [6, 6.07) is 4.77. The highest BCUT2D eigenvalue weighted by Crippen LogP contribution is 2.28. The van der Waals surface area contributed by atoms with Gasteiger partial charge in [0.05, 0.1) is 0 Å². The Hall–Kier alpha value is -0.600. The third-order valence-corrected chi connectivity index (χ3v) is 3.37. The lowest BCUT2D eigenvalue weighted by Crippen LogP contribution is -2.38. The number of nitrogens with one attached hydrogen (secondary N) is 1. The van der Waals surface area contributed by atoms with E-state index in [9.17, 15) is 4.39 Å². The molecule has 0 aromatic heterocycles. The fraction of sp³-hybridized carbons (Fsp3) is 0.625. The van der Waals surface area contributed by atoms with E-state index in [1.54, 1.807) is 12.1 Å². The minimum atomic E-state index is -0.166. The number of rotatable bonds is 5. The maximum Gasteiger partial charge on any atom is 0.126 e. The van der Waals surface area contributed by atoms with Gasteiger partial charge in [0, 0.05) is 10.6 Å². The second kappa shape index (κ2) is 6.23. The fourth-order valence-corrected chi connectivity index (χ4v) is 2.25. The molecule has 3 heteroatoms. The van der Waals surface area contributed by atoms with Gasteiger partial charge in [0.1, 0.15) is 5.82 Å². The summed E-state index contributed by atoms with van der Waals surface area (Å²) in [5, 5.41) is 4.07. The Bertz CT molecular complexity index is 421. The van der Waals surface area contributed by atoms with Gasteiger partial charge in [0.15, 0.2) is 0 Å². The van der Waals surface area contributed by atoms with Crippen molar-refractivity contribution < 1.29 is 4.39 Å². The van der Waals surface area contributed by atoms with E-state index in [1.165, 1.54) is 6.07 Å². The van der Waals surface area contributed by atoms with Crippen molar-refractivity contribution >= 4 is 11.6 Å². The molecule has 1 aromatic rings. The minimum Gasteiger partial charge on any atom is -0.312 e. The molecule has 0 unspecified atom stereocenters. The highest BCUT2D eigenvalue weighted by Gasteiger charge is 2.21. The predicted octanol–water partition coefficient (Wildman–Crippen LogP) is 4.83. The average molecular weight is 286 g/mol. The topological polar surface area (TPSA) is 12.0 Å². The molecule has 0 saturated carbocycles. The predicted molar refractivity (Wildman–Crippen MR) is 81.3 cm³/mol. The van der Waals surface area contributed by atoms with Crippen LogP contribution in [0.25, 0.3) is 0 Å². The smallest absolute Gasteiger partial charge is 0.126 e. The molecule has 0 bridgehead atoms. The Balaban J connectivity index is 2.61. The molecular weight excluding hydrogens is 261 g/mol. The molecule has 0 fully saturated rings. The van der Waals surface area contributed by atoms with E-state index in [-0.39, 0.29) is 16.8 Å². The first kappa shape index (κ1) is 16.5. The van der Waals surface area contributed by atoms with Crippen molar-refractivity contribution in [3.63, 3.8) is 0 Å². The van der Waals surface area contributed by atoms with Gasteiger partial charge in [-0.3, -0.25) is 0 Å². The number of hydrogen-bond acceptors (Lipinski definition) is 1. The van der Waals surface area contributed by atoms with Crippen LogP contribution in [0.15, 0.2) is 18.2 Å². The van der Waals surface area contributed by atoms with Crippen molar-refractivity contribution in [3.8, 4) is 0 Å². The summed E-state index contributed by atoms with van der Waals surface area (Å²) in [5.74, 6) is -0.166. The molecule has 108 valence electrons. The van der Waals surface area contributed by atoms with Gasteiger partial charge in [-0.25, -0.2) is 4.39 Å². The van der Waals surface area contributed by atoms with Crippen molar-refractivity contribution in [2.24, 2.45) is 5.41 Å². The zero-order valence-corrected chi connectivity index (χ0v) is 13.4. The summed E-state index contributed by atoms with van der Waals surface area (Å²) < 4.78 is 13.7. The van der Waals surface area contributed by atoms with E-state index in [1.807, 2.05) is 0 Å². The van der Waals surface area contributed by atoms with E-state index in [2.05, 4.69) is 39.9 Å². The maximum atomic E-state index is 13.7. The van der Waals surface area contributed by atoms with Crippen LogP contribution in [0.2, 0.25) is 5.02 Å². The van der Waals surface area contributed by atoms with Crippen molar-refractivity contribution in [2.75, 3.05) is 6.54 Å². The van der Waals surface area contributed by atoms with Gasteiger partial charge in [-0.1, -0.05) is 25.4 Å². The molecule has 0 aliphatic heterocycles. The highest BCUT2D eigenvalue weighted by atomic mass is 35.5. The molecule has 0 heterocycles. The second-order valence-electron chi connectivity index (χ2n) is 7.00. The van der Waals surface area contributed by atoms with Gasteiger partial charge in [-0.15, -0.1) is 0 Å². The Morgan fingerprint density at radius 3 is 2.37 bits per heavy atom. The summed E-state index contributed by atoms with van der Waals surface area (Å²) >= 11 is 5.93. The first-order valence-corrected chi connectivity index (χ1v) is 7.16. The van der Waals surface area contributed by atoms with Gasteiger partial charge in [-0.05, 0) is 69.3 Å². The molecular formula is C16H25ClFN. The molecule has 19 heavy (non-hydrogen) atoms. The van der Waals surface area contributed by atoms with Crippen LogP contribution in [-0.4, -0.2) is 12.1 Å². The standard InChI is InChI=1S/C16H25ClFN/c1-15(2,3)19-9-8-16(4,5)11-12-10-13(17)6-7-14(12)18/h6-7,10,19H,8-9,11H2,1-5H3. The van der Waals surface area contributed by atoms with Crippen LogP contribution < -0.4 is 5.32 Å². The summed E-state index contributed by atoms with van der Waals surface area (Å²) in [6.07, 6.45) is 1.70. The van der Waals surface area contributed by atoms with E-state index in [0.29, 0.717) is 17.0 Å². The van der Waals surface area contributed by atoms with Crippen molar-refractivity contribution in [2.45, 2.75) is 53.0 Å². The SMILES string of the molecule is CC(C)(CCNC(C)(C)C)Cc1cc(Cl)ccc1F. The van der Waals surface area contributed by atoms with E-state index < -0.39 is 0 Å². The van der Waals surface area contributed by atoms with Crippen LogP contribution in [0.1, 0.15) is 46.6 Å². The number of benzene rings is 1. The van der Waals surface area contributed by atoms with Gasteiger partial charge in [0.2, 0.25) is 0 Å². The summed E-state index contributed by atoms with van der Waals surface area (Å²) in [4.78, 5) is 0. The zero-order valence-electron chi connectivity index (χ0n) is 12.6. The molecule has 1 nitrogen and oxygen atoms in total. The van der Waals surface area contributed by atoms with E-state index in [0.717, 1.165) is 13.0 Å². The molecule has 1 rings (SSSR count). The van der Waals surface area contributed by atoms with Crippen LogP contribution in [0.4, 0.5) is 4.39 Å². The van der Waals surface area contributed by atoms with Crippen LogP contribution in [0, 0.1) is 11.2 Å². The molecule has 1 aromatic carbocycles. The van der Waals surface area contributed by atoms with Gasteiger partial charge < -0.3 is 5.32 Å². The molecule has 0 aliphatic rings. The van der Waals surface area contributed by atoms with Crippen molar-refractivity contribution in [3.05, 3.63) is 34.6 Å². The number of halogens is 2. The van der Waals surface area contributed by atoms with E-state index >= 15 is 0 Å². The molecule has 0 spiro atoms. The third-order valence-electron chi connectivity index (χ3n) is 3.13. The zero-order chi connectivity index (χ0) is 14.7. The maximum absolute atomic E-state index is 13.7. The van der Waals surface area contributed by atoms with Gasteiger partial charge in [0.25, 0.3) is 0 Å². The fourth-order valence-electron chi connectivity index (χ4n) is 2.06. The summed E-state index contributed by atoms with van der Waals surface area (Å²) in [6.45, 7) is 11.7. The van der Waals surface area contributed by atoms with E-state index in [4.69, 9.17) is 11.6 Å². The molecule has 0 saturated heterocycles. The Labute approximate surface area is 121 Å². The lowest BCUT2D eigenvalue weighted by Gasteiger charge is -2.28. The minimum absolute atomic E-state index is 0.0454. The third kappa shape index (κ3) is 6.40. The lowest BCUT2D eigenvalue weighted by molar-refractivity contribution is 0.299. The van der Waals surface area contributed by atoms with Gasteiger partial charge in [-0.2, -0.15) is 0 Å². The first-order valence-electron chi connectivity index (χ1n) is 6.78. The van der Waals surface area contributed by atoms with Crippen molar-refractivity contribution in [1.29, 1.82) is 0 Å². The summed E-state index contributed by atoms with van der Waals surface area (Å²) in [7, 11) is 0. The largest absolute Gasteiger partial charge is 0.312 e. The normalized spacial score (nSPS) is 12.8. The van der Waals surface area contributed by atoms with Crippen LogP contribution >= 0.6 is 11.6 Å². The molecule has 0 atom stereocenters. The monoisotopic (exact) mass is 285 g/mol. The number of hydrogen-bond donors (Lipinski definition) is 1. The average Bonchev–Trinajstić information content (AvgIpc) is 2.20. The quantitative estimate of drug-likeness (QED) is 0.817. The van der Waals surface area contributed by atoms with Gasteiger partial charge >= 0.3 is 0 Å². The van der Waals surface area contributed by atoms with Crippen LogP contribution in [0.5, 0.6) is 0 Å².